The minimum absolute atomic E-state index is 0.0717. The Labute approximate surface area is 257 Å². The lowest BCUT2D eigenvalue weighted by atomic mass is 9.74. The molecule has 2 aliphatic rings. The first-order valence-corrected chi connectivity index (χ1v) is 15.8. The number of anilines is 1. The zero-order valence-corrected chi connectivity index (χ0v) is 25.8. The van der Waals surface area contributed by atoms with Crippen LogP contribution in [-0.4, -0.2) is 61.0 Å². The molecule has 4 atom stereocenters. The van der Waals surface area contributed by atoms with Gasteiger partial charge in [-0.25, -0.2) is 26.4 Å². The van der Waals surface area contributed by atoms with Crippen molar-refractivity contribution in [2.24, 2.45) is 11.8 Å². The molecule has 0 heterocycles. The van der Waals surface area contributed by atoms with E-state index in [2.05, 4.69) is 16.0 Å². The van der Waals surface area contributed by atoms with E-state index in [0.717, 1.165) is 6.07 Å². The number of ether oxygens (including phenoxy) is 1. The molecule has 4 rings (SSSR count). The molecule has 44 heavy (non-hydrogen) atoms. The summed E-state index contributed by atoms with van der Waals surface area (Å²) in [6.45, 7) is 4.53. The van der Waals surface area contributed by atoms with Gasteiger partial charge >= 0.3 is 6.09 Å². The highest BCUT2D eigenvalue weighted by molar-refractivity contribution is 7.92. The van der Waals surface area contributed by atoms with Crippen molar-refractivity contribution in [3.05, 3.63) is 58.4 Å². The summed E-state index contributed by atoms with van der Waals surface area (Å²) in [6.07, 6.45) is 0.431. The average Bonchev–Trinajstić information content (AvgIpc) is 3.08. The second kappa shape index (κ2) is 12.6. The van der Waals surface area contributed by atoms with Gasteiger partial charge in [-0.05, 0) is 76.5 Å². The van der Waals surface area contributed by atoms with E-state index < -0.39 is 73.5 Å². The van der Waals surface area contributed by atoms with Gasteiger partial charge in [0.15, 0.2) is 27.3 Å². The monoisotopic (exact) mass is 659 g/mol. The van der Waals surface area contributed by atoms with Crippen LogP contribution < -0.4 is 16.0 Å². The second-order valence-electron chi connectivity index (χ2n) is 12.1. The highest BCUT2D eigenvalue weighted by Gasteiger charge is 2.55. The molecule has 0 aliphatic heterocycles. The van der Waals surface area contributed by atoms with Crippen molar-refractivity contribution in [1.29, 1.82) is 0 Å². The first-order valence-electron chi connectivity index (χ1n) is 13.9. The van der Waals surface area contributed by atoms with E-state index in [9.17, 15) is 41.1 Å². The molecule has 240 valence electrons. The molecule has 2 aromatic carbocycles. The first-order chi connectivity index (χ1) is 20.4. The van der Waals surface area contributed by atoms with E-state index in [1.165, 1.54) is 12.1 Å². The number of sulfone groups is 1. The van der Waals surface area contributed by atoms with Gasteiger partial charge in [-0.2, -0.15) is 0 Å². The molecule has 2 saturated carbocycles. The largest absolute Gasteiger partial charge is 0.444 e. The van der Waals surface area contributed by atoms with Crippen LogP contribution in [0.4, 0.5) is 23.7 Å². The molecule has 4 N–H and O–H groups in total. The van der Waals surface area contributed by atoms with E-state index in [1.54, 1.807) is 20.8 Å². The standard InChI is InChI=1S/C29H33ClF3N3O7S/c1-28(2,3)43-27(39)34-13-24(37)35-14-29(40)16-5-6-17(29)10-19(9-16)44(41,42)23-8-15(4-7-20(23)30)26(38)36-18-11-21(31)25(33)22(32)12-18/h4,7-8,11-12,16-17,19,40H,5-6,9-10,13-14H2,1-3H3,(H,34,39)(H,35,37)(H,36,38)/t16-,17?,19?,29?/m0/s1. The maximum Gasteiger partial charge on any atom is 0.408 e. The number of hydrogen-bond acceptors (Lipinski definition) is 7. The quantitative estimate of drug-likeness (QED) is 0.308. The number of nitrogens with one attached hydrogen (secondary N) is 3. The van der Waals surface area contributed by atoms with Crippen molar-refractivity contribution in [2.75, 3.05) is 18.4 Å². The van der Waals surface area contributed by atoms with Crippen LogP contribution in [0.25, 0.3) is 0 Å². The zero-order valence-electron chi connectivity index (χ0n) is 24.2. The second-order valence-corrected chi connectivity index (χ2v) is 14.7. The fourth-order valence-corrected chi connectivity index (χ4v) is 8.20. The Morgan fingerprint density at radius 2 is 1.61 bits per heavy atom. The van der Waals surface area contributed by atoms with Crippen molar-refractivity contribution in [2.45, 2.75) is 67.8 Å². The minimum Gasteiger partial charge on any atom is -0.444 e. The fourth-order valence-electron chi connectivity index (χ4n) is 5.79. The Hall–Kier alpha value is -3.36. The molecule has 0 radical (unpaired) electrons. The van der Waals surface area contributed by atoms with Gasteiger partial charge in [-0.15, -0.1) is 0 Å². The van der Waals surface area contributed by atoms with Crippen molar-refractivity contribution in [1.82, 2.24) is 10.6 Å². The summed E-state index contributed by atoms with van der Waals surface area (Å²) < 4.78 is 73.0. The summed E-state index contributed by atoms with van der Waals surface area (Å²) in [6, 6.07) is 4.68. The number of benzene rings is 2. The van der Waals surface area contributed by atoms with Gasteiger partial charge in [-0.1, -0.05) is 11.6 Å². The highest BCUT2D eigenvalue weighted by Crippen LogP contribution is 2.52. The predicted molar refractivity (Wildman–Crippen MR) is 154 cm³/mol. The molecule has 2 bridgehead atoms. The van der Waals surface area contributed by atoms with Gasteiger partial charge in [0.2, 0.25) is 5.91 Å². The Morgan fingerprint density at radius 1 is 1.02 bits per heavy atom. The number of aliphatic hydroxyl groups is 1. The van der Waals surface area contributed by atoms with E-state index >= 15 is 0 Å². The first kappa shape index (κ1) is 33.5. The molecule has 2 fully saturated rings. The van der Waals surface area contributed by atoms with Gasteiger partial charge < -0.3 is 25.8 Å². The predicted octanol–water partition coefficient (Wildman–Crippen LogP) is 4.34. The SMILES string of the molecule is CC(C)(C)OC(=O)NCC(=O)NCC1(O)C2CC[C@H]1CC(S(=O)(=O)c1cc(C(=O)Nc3cc(F)c(F)c(F)c3)ccc1Cl)C2. The third-order valence-electron chi connectivity index (χ3n) is 7.91. The normalized spacial score (nSPS) is 23.1. The average molecular weight is 660 g/mol. The van der Waals surface area contributed by atoms with Crippen molar-refractivity contribution in [3.8, 4) is 0 Å². The lowest BCUT2D eigenvalue weighted by molar-refractivity contribution is -0.123. The number of alkyl carbamates (subject to hydrolysis) is 1. The smallest absolute Gasteiger partial charge is 0.408 e. The number of halogens is 4. The minimum atomic E-state index is -4.12. The third-order valence-corrected chi connectivity index (χ3v) is 10.6. The van der Waals surface area contributed by atoms with Crippen LogP contribution >= 0.6 is 11.6 Å². The molecule has 10 nitrogen and oxygen atoms in total. The number of carbonyl (C=O) groups excluding carboxylic acids is 3. The van der Waals surface area contributed by atoms with Gasteiger partial charge in [0.05, 0.1) is 27.3 Å². The molecule has 15 heteroatoms. The molecule has 0 aromatic heterocycles. The number of carbonyl (C=O) groups is 3. The Bertz CT molecular complexity index is 1550. The highest BCUT2D eigenvalue weighted by atomic mass is 35.5. The Morgan fingerprint density at radius 3 is 2.18 bits per heavy atom. The molecule has 0 spiro atoms. The molecule has 2 aliphatic carbocycles. The van der Waals surface area contributed by atoms with Crippen LogP contribution in [0, 0.1) is 29.3 Å². The molecule has 0 saturated heterocycles. The number of fused-ring (bicyclic) bond motifs is 2. The van der Waals surface area contributed by atoms with Crippen LogP contribution in [0.15, 0.2) is 35.2 Å². The molecule has 3 amide bonds. The summed E-state index contributed by atoms with van der Waals surface area (Å²) >= 11 is 6.25. The molecular formula is C29H33ClF3N3O7S. The summed E-state index contributed by atoms with van der Waals surface area (Å²) in [5.41, 5.74) is -2.64. The van der Waals surface area contributed by atoms with E-state index in [1.807, 2.05) is 0 Å². The maximum atomic E-state index is 13.8. The van der Waals surface area contributed by atoms with Gasteiger partial charge in [0.1, 0.15) is 5.60 Å². The van der Waals surface area contributed by atoms with E-state index in [-0.39, 0.29) is 47.1 Å². The lowest BCUT2D eigenvalue weighted by Gasteiger charge is -2.42. The summed E-state index contributed by atoms with van der Waals surface area (Å²) in [5, 5.41) is 17.6. The zero-order chi connectivity index (χ0) is 32.6. The topological polar surface area (TPSA) is 151 Å². The summed E-state index contributed by atoms with van der Waals surface area (Å²) in [7, 11) is -4.12. The third kappa shape index (κ3) is 7.29. The van der Waals surface area contributed by atoms with E-state index in [0.29, 0.717) is 25.0 Å². The van der Waals surface area contributed by atoms with Crippen LogP contribution in [0.3, 0.4) is 0 Å². The number of amides is 3. The number of hydrogen-bond donors (Lipinski definition) is 4. The van der Waals surface area contributed by atoms with Crippen LogP contribution in [-0.2, 0) is 19.4 Å². The van der Waals surface area contributed by atoms with Crippen LogP contribution in [0.1, 0.15) is 56.8 Å². The Balaban J connectivity index is 1.42. The number of rotatable bonds is 8. The van der Waals surface area contributed by atoms with E-state index in [4.69, 9.17) is 16.3 Å². The Kier molecular flexibility index (Phi) is 9.57. The molecular weight excluding hydrogens is 627 g/mol. The van der Waals surface area contributed by atoms with Gasteiger partial charge in [0.25, 0.3) is 5.91 Å². The summed E-state index contributed by atoms with van der Waals surface area (Å²) in [4.78, 5) is 36.6. The lowest BCUT2D eigenvalue weighted by Crippen LogP contribution is -2.55. The van der Waals surface area contributed by atoms with Crippen LogP contribution in [0.5, 0.6) is 0 Å². The van der Waals surface area contributed by atoms with Crippen molar-refractivity contribution in [3.63, 3.8) is 0 Å². The molecule has 3 unspecified atom stereocenters. The van der Waals surface area contributed by atoms with Gasteiger partial charge in [0, 0.05) is 29.9 Å². The maximum absolute atomic E-state index is 13.8. The summed E-state index contributed by atoms with van der Waals surface area (Å²) in [5.74, 6) is -7.10. The molecule has 2 aromatic rings. The van der Waals surface area contributed by atoms with Gasteiger partial charge in [-0.3, -0.25) is 9.59 Å². The fraction of sp³-hybridized carbons (Fsp3) is 0.483. The van der Waals surface area contributed by atoms with Crippen LogP contribution in [0.2, 0.25) is 5.02 Å². The van der Waals surface area contributed by atoms with Crippen molar-refractivity contribution >= 4 is 45.0 Å². The van der Waals surface area contributed by atoms with Crippen molar-refractivity contribution < 1.29 is 45.8 Å².